The number of nitrogens with zero attached hydrogens (tertiary/aromatic N) is 4. The van der Waals surface area contributed by atoms with Gasteiger partial charge in [0.2, 0.25) is 0 Å². The fourth-order valence-corrected chi connectivity index (χ4v) is 2.03. The van der Waals surface area contributed by atoms with Crippen LogP contribution in [0.5, 0.6) is 0 Å². The molecule has 0 aliphatic rings. The second kappa shape index (κ2) is 4.96. The third kappa shape index (κ3) is 2.54. The molecule has 18 heavy (non-hydrogen) atoms. The number of rotatable bonds is 3. The quantitative estimate of drug-likeness (QED) is 0.852. The molecule has 2 aromatic heterocycles. The molecule has 0 aromatic carbocycles. The fourth-order valence-electron chi connectivity index (χ4n) is 1.23. The van der Waals surface area contributed by atoms with E-state index in [4.69, 9.17) is 5.73 Å². The average Bonchev–Trinajstić information content (AvgIpc) is 2.73. The van der Waals surface area contributed by atoms with Crippen LogP contribution >= 0.6 is 11.3 Å². The zero-order valence-corrected chi connectivity index (χ0v) is 10.7. The summed E-state index contributed by atoms with van der Waals surface area (Å²) < 4.78 is 0. The lowest BCUT2D eigenvalue weighted by Gasteiger charge is -2.05. The number of carbonyl (C=O) groups excluding carboxylic acids is 1. The molecule has 0 fully saturated rings. The summed E-state index contributed by atoms with van der Waals surface area (Å²) in [5, 5.41) is 3.34. The number of hydrogen-bond acceptors (Lipinski definition) is 7. The predicted octanol–water partition coefficient (Wildman–Crippen LogP) is 0.834. The molecule has 3 N–H and O–H groups in total. The third-order valence-corrected chi connectivity index (χ3v) is 3.29. The van der Waals surface area contributed by atoms with Gasteiger partial charge < -0.3 is 16.0 Å². The molecular formula is C10H12N6OS. The van der Waals surface area contributed by atoms with Gasteiger partial charge in [-0.15, -0.1) is 0 Å². The minimum Gasteiger partial charge on any atom is -0.382 e. The van der Waals surface area contributed by atoms with Crippen molar-refractivity contribution in [1.29, 1.82) is 0 Å². The van der Waals surface area contributed by atoms with Crippen molar-refractivity contribution in [3.8, 4) is 0 Å². The van der Waals surface area contributed by atoms with Gasteiger partial charge in [-0.25, -0.2) is 15.0 Å². The lowest BCUT2D eigenvalue weighted by Crippen LogP contribution is -2.12. The van der Waals surface area contributed by atoms with Crippen LogP contribution in [-0.2, 0) is 0 Å². The normalized spacial score (nSPS) is 10.1. The van der Waals surface area contributed by atoms with E-state index in [-0.39, 0.29) is 11.7 Å². The van der Waals surface area contributed by atoms with Crippen LogP contribution in [0.25, 0.3) is 0 Å². The molecule has 0 bridgehead atoms. The molecular weight excluding hydrogens is 252 g/mol. The Morgan fingerprint density at radius 2 is 2.06 bits per heavy atom. The second-order valence-corrected chi connectivity index (χ2v) is 4.66. The van der Waals surface area contributed by atoms with Crippen molar-refractivity contribution >= 4 is 33.9 Å². The van der Waals surface area contributed by atoms with E-state index in [2.05, 4.69) is 20.3 Å². The van der Waals surface area contributed by atoms with E-state index in [9.17, 15) is 4.79 Å². The zero-order valence-electron chi connectivity index (χ0n) is 9.91. The number of amides is 1. The lowest BCUT2D eigenvalue weighted by atomic mass is 10.4. The molecule has 0 aliphatic heterocycles. The van der Waals surface area contributed by atoms with E-state index in [1.54, 1.807) is 4.90 Å². The molecule has 1 amide bonds. The predicted molar refractivity (Wildman–Crippen MR) is 70.8 cm³/mol. The summed E-state index contributed by atoms with van der Waals surface area (Å²) in [6, 6.07) is 0. The molecule has 0 saturated carbocycles. The number of nitrogens with two attached hydrogens (primary N) is 1. The first-order valence-corrected chi connectivity index (χ1v) is 5.89. The first-order chi connectivity index (χ1) is 8.58. The van der Waals surface area contributed by atoms with Gasteiger partial charge in [-0.2, -0.15) is 0 Å². The van der Waals surface area contributed by atoms with Crippen LogP contribution in [0.1, 0.15) is 9.67 Å². The average molecular weight is 264 g/mol. The molecule has 0 aliphatic carbocycles. The van der Waals surface area contributed by atoms with Gasteiger partial charge in [0.15, 0.2) is 5.13 Å². The molecule has 2 heterocycles. The van der Waals surface area contributed by atoms with Crippen molar-refractivity contribution in [3.63, 3.8) is 0 Å². The minimum atomic E-state index is -0.312. The van der Waals surface area contributed by atoms with Crippen LogP contribution in [0.3, 0.4) is 0 Å². The maximum Gasteiger partial charge on any atom is 0.269 e. The number of anilines is 3. The van der Waals surface area contributed by atoms with Gasteiger partial charge in [-0.3, -0.25) is 4.79 Å². The Kier molecular flexibility index (Phi) is 3.38. The number of hydrogen-bond donors (Lipinski definition) is 2. The number of thiazole rings is 1. The Hall–Kier alpha value is -2.22. The van der Waals surface area contributed by atoms with Crippen LogP contribution in [0, 0.1) is 0 Å². The number of nitrogen functional groups attached to an aromatic ring is 1. The van der Waals surface area contributed by atoms with Gasteiger partial charge in [-0.05, 0) is 0 Å². The Labute approximate surface area is 108 Å². The van der Waals surface area contributed by atoms with Crippen molar-refractivity contribution < 1.29 is 4.79 Å². The number of aromatic nitrogens is 3. The molecule has 0 saturated heterocycles. The molecule has 0 radical (unpaired) electrons. The van der Waals surface area contributed by atoms with Crippen LogP contribution in [0.2, 0.25) is 0 Å². The van der Waals surface area contributed by atoms with E-state index in [1.165, 1.54) is 30.1 Å². The highest BCUT2D eigenvalue weighted by atomic mass is 32.1. The topological polar surface area (TPSA) is 97.0 Å². The first-order valence-electron chi connectivity index (χ1n) is 5.08. The highest BCUT2D eigenvalue weighted by Gasteiger charge is 2.17. The molecule has 0 unspecified atom stereocenters. The summed E-state index contributed by atoms with van der Waals surface area (Å²) in [4.78, 5) is 25.9. The smallest absolute Gasteiger partial charge is 0.269 e. The number of nitrogens with one attached hydrogen (secondary N) is 1. The molecule has 94 valence electrons. The molecule has 0 spiro atoms. The summed E-state index contributed by atoms with van der Waals surface area (Å²) in [7, 11) is 3.68. The summed E-state index contributed by atoms with van der Waals surface area (Å²) in [5.41, 5.74) is 6.23. The SMILES string of the molecule is CN(C)c1nc(N)c(C(=O)Nc2cncnc2)s1. The maximum absolute atomic E-state index is 12.0. The Bertz CT molecular complexity index is 553. The largest absolute Gasteiger partial charge is 0.382 e. The highest BCUT2D eigenvalue weighted by molar-refractivity contribution is 7.18. The molecule has 0 atom stereocenters. The van der Waals surface area contributed by atoms with E-state index in [0.717, 1.165) is 0 Å². The standard InChI is InChI=1S/C10H12N6OS/c1-16(2)10-15-8(11)7(18-10)9(17)14-6-3-12-5-13-4-6/h3-5H,11H2,1-2H3,(H,14,17). The highest BCUT2D eigenvalue weighted by Crippen LogP contribution is 2.27. The Balaban J connectivity index is 2.19. The molecule has 2 aromatic rings. The van der Waals surface area contributed by atoms with Crippen molar-refractivity contribution in [1.82, 2.24) is 15.0 Å². The Morgan fingerprint density at radius 1 is 1.39 bits per heavy atom. The van der Waals surface area contributed by atoms with Crippen LogP contribution < -0.4 is 16.0 Å². The summed E-state index contributed by atoms with van der Waals surface area (Å²) >= 11 is 1.23. The van der Waals surface area contributed by atoms with E-state index < -0.39 is 0 Å². The summed E-state index contributed by atoms with van der Waals surface area (Å²) in [6.45, 7) is 0. The molecule has 2 rings (SSSR count). The third-order valence-electron chi connectivity index (χ3n) is 2.05. The van der Waals surface area contributed by atoms with Crippen molar-refractivity contribution in [3.05, 3.63) is 23.6 Å². The fraction of sp³-hybridized carbons (Fsp3) is 0.200. The zero-order chi connectivity index (χ0) is 13.1. The van der Waals surface area contributed by atoms with E-state index >= 15 is 0 Å². The van der Waals surface area contributed by atoms with Gasteiger partial charge in [0.1, 0.15) is 17.0 Å². The van der Waals surface area contributed by atoms with Gasteiger partial charge in [0.05, 0.1) is 18.1 Å². The number of carbonyl (C=O) groups is 1. The van der Waals surface area contributed by atoms with Gasteiger partial charge in [-0.1, -0.05) is 11.3 Å². The molecule has 7 nitrogen and oxygen atoms in total. The van der Waals surface area contributed by atoms with Gasteiger partial charge >= 0.3 is 0 Å². The van der Waals surface area contributed by atoms with Crippen LogP contribution in [0.4, 0.5) is 16.6 Å². The maximum atomic E-state index is 12.0. The van der Waals surface area contributed by atoms with Crippen molar-refractivity contribution in [2.24, 2.45) is 0 Å². The molecule has 8 heteroatoms. The summed E-state index contributed by atoms with van der Waals surface area (Å²) in [6.07, 6.45) is 4.41. The monoisotopic (exact) mass is 264 g/mol. The van der Waals surface area contributed by atoms with E-state index in [1.807, 2.05) is 14.1 Å². The first kappa shape index (κ1) is 12.2. The summed E-state index contributed by atoms with van der Waals surface area (Å²) in [5.74, 6) is -0.0917. The van der Waals surface area contributed by atoms with Gasteiger partial charge in [0.25, 0.3) is 5.91 Å². The Morgan fingerprint density at radius 3 is 2.61 bits per heavy atom. The van der Waals surface area contributed by atoms with Crippen molar-refractivity contribution in [2.75, 3.05) is 30.0 Å². The van der Waals surface area contributed by atoms with Crippen LogP contribution in [0.15, 0.2) is 18.7 Å². The van der Waals surface area contributed by atoms with E-state index in [0.29, 0.717) is 15.7 Å². The second-order valence-electron chi connectivity index (χ2n) is 3.69. The van der Waals surface area contributed by atoms with Crippen molar-refractivity contribution in [2.45, 2.75) is 0 Å². The van der Waals surface area contributed by atoms with Gasteiger partial charge in [0, 0.05) is 14.1 Å². The minimum absolute atomic E-state index is 0.220. The lowest BCUT2D eigenvalue weighted by molar-refractivity contribution is 0.103. The van der Waals surface area contributed by atoms with Crippen LogP contribution in [-0.4, -0.2) is 35.0 Å².